The number of hydrogen-bond donors (Lipinski definition) is 1. The third kappa shape index (κ3) is 4.73. The van der Waals surface area contributed by atoms with E-state index in [9.17, 15) is 4.79 Å². The minimum absolute atomic E-state index is 0.462. The Kier molecular flexibility index (Phi) is 6.24. The summed E-state index contributed by atoms with van der Waals surface area (Å²) < 4.78 is 0. The van der Waals surface area contributed by atoms with Crippen molar-refractivity contribution in [2.24, 2.45) is 11.8 Å². The molecule has 0 saturated heterocycles. The Morgan fingerprint density at radius 1 is 1.25 bits per heavy atom. The number of rotatable bonds is 6. The zero-order valence-corrected chi connectivity index (χ0v) is 15.6. The fourth-order valence-corrected chi connectivity index (χ4v) is 2.84. The number of benzene rings is 1. The summed E-state index contributed by atoms with van der Waals surface area (Å²) >= 11 is 0. The second kappa shape index (κ2) is 8.18. The van der Waals surface area contributed by atoms with Gasteiger partial charge < -0.3 is 10.2 Å². The summed E-state index contributed by atoms with van der Waals surface area (Å²) in [6, 6.07) is 8.42. The molecule has 1 aromatic carbocycles. The number of hydrogen-bond acceptors (Lipinski definition) is 2. The first-order chi connectivity index (χ1) is 11.4. The predicted molar refractivity (Wildman–Crippen MR) is 102 cm³/mol. The molecule has 2 rings (SSSR count). The van der Waals surface area contributed by atoms with Crippen molar-refractivity contribution in [3.8, 4) is 0 Å². The lowest BCUT2D eigenvalue weighted by molar-refractivity contribution is -0.117. The molecular weight excluding hydrogens is 296 g/mol. The van der Waals surface area contributed by atoms with E-state index in [1.807, 2.05) is 4.90 Å². The average Bonchev–Trinajstić information content (AvgIpc) is 2.54. The van der Waals surface area contributed by atoms with Crippen LogP contribution in [0.25, 0.3) is 0 Å². The van der Waals surface area contributed by atoms with E-state index in [4.69, 9.17) is 0 Å². The standard InChI is InChI=1S/C21H30N2O/c1-15(2)18(5)12-21(22-19-8-6-7-16(3)11-19)20-13-23(14-24)10-9-17(20)4/h6-8,11-12,14-15,18,22H,9-10,13H2,1-5H3/b21-12+. The Bertz CT molecular complexity index is 643. The molecule has 1 aromatic rings. The van der Waals surface area contributed by atoms with Crippen LogP contribution in [0.15, 0.2) is 47.2 Å². The van der Waals surface area contributed by atoms with Gasteiger partial charge in [0.2, 0.25) is 6.41 Å². The molecule has 1 amide bonds. The first kappa shape index (κ1) is 18.3. The van der Waals surface area contributed by atoms with Crippen LogP contribution in [0.2, 0.25) is 0 Å². The molecule has 1 aliphatic rings. The zero-order valence-electron chi connectivity index (χ0n) is 15.6. The van der Waals surface area contributed by atoms with Crippen LogP contribution in [0, 0.1) is 18.8 Å². The minimum atomic E-state index is 0.462. The van der Waals surface area contributed by atoms with E-state index in [1.54, 1.807) is 0 Å². The quantitative estimate of drug-likeness (QED) is 0.764. The van der Waals surface area contributed by atoms with Crippen molar-refractivity contribution in [3.63, 3.8) is 0 Å². The van der Waals surface area contributed by atoms with Crippen LogP contribution in [-0.2, 0) is 4.79 Å². The molecule has 0 aliphatic carbocycles. The molecule has 24 heavy (non-hydrogen) atoms. The maximum Gasteiger partial charge on any atom is 0.210 e. The van der Waals surface area contributed by atoms with Gasteiger partial charge in [-0.1, -0.05) is 44.6 Å². The molecule has 0 radical (unpaired) electrons. The lowest BCUT2D eigenvalue weighted by Crippen LogP contribution is -2.31. The molecule has 0 spiro atoms. The van der Waals surface area contributed by atoms with Gasteiger partial charge in [-0.05, 0) is 55.4 Å². The van der Waals surface area contributed by atoms with E-state index >= 15 is 0 Å². The number of amides is 1. The molecule has 3 nitrogen and oxygen atoms in total. The molecule has 130 valence electrons. The summed E-state index contributed by atoms with van der Waals surface area (Å²) in [7, 11) is 0. The van der Waals surface area contributed by atoms with Gasteiger partial charge in [-0.15, -0.1) is 0 Å². The Morgan fingerprint density at radius 3 is 2.62 bits per heavy atom. The van der Waals surface area contributed by atoms with Crippen molar-refractivity contribution >= 4 is 12.1 Å². The van der Waals surface area contributed by atoms with E-state index in [-0.39, 0.29) is 0 Å². The molecule has 0 saturated carbocycles. The van der Waals surface area contributed by atoms with Crippen LogP contribution in [0.4, 0.5) is 5.69 Å². The van der Waals surface area contributed by atoms with Crippen LogP contribution >= 0.6 is 0 Å². The van der Waals surface area contributed by atoms with Gasteiger partial charge in [0.1, 0.15) is 0 Å². The Balaban J connectivity index is 2.37. The second-order valence-corrected chi connectivity index (χ2v) is 7.26. The fraction of sp³-hybridized carbons (Fsp3) is 0.476. The largest absolute Gasteiger partial charge is 0.355 e. The summed E-state index contributed by atoms with van der Waals surface area (Å²) in [4.78, 5) is 13.1. The van der Waals surface area contributed by atoms with E-state index in [2.05, 4.69) is 70.3 Å². The summed E-state index contributed by atoms with van der Waals surface area (Å²) in [5.74, 6) is 1.04. The molecule has 1 heterocycles. The van der Waals surface area contributed by atoms with E-state index < -0.39 is 0 Å². The Hall–Kier alpha value is -2.03. The maximum absolute atomic E-state index is 11.2. The summed E-state index contributed by atoms with van der Waals surface area (Å²) in [6.07, 6.45) is 4.22. The van der Waals surface area contributed by atoms with Crippen molar-refractivity contribution in [1.29, 1.82) is 0 Å². The van der Waals surface area contributed by atoms with Crippen LogP contribution < -0.4 is 5.32 Å². The van der Waals surface area contributed by atoms with Gasteiger partial charge in [0.05, 0.1) is 0 Å². The molecule has 0 fully saturated rings. The van der Waals surface area contributed by atoms with Crippen LogP contribution in [-0.4, -0.2) is 24.4 Å². The number of nitrogens with zero attached hydrogens (tertiary/aromatic N) is 1. The average molecular weight is 326 g/mol. The minimum Gasteiger partial charge on any atom is -0.355 e. The molecule has 0 aromatic heterocycles. The monoisotopic (exact) mass is 326 g/mol. The van der Waals surface area contributed by atoms with Crippen molar-refractivity contribution < 1.29 is 4.79 Å². The molecule has 0 bridgehead atoms. The third-order valence-electron chi connectivity index (χ3n) is 4.90. The summed E-state index contributed by atoms with van der Waals surface area (Å²) in [5, 5.41) is 3.61. The topological polar surface area (TPSA) is 32.3 Å². The first-order valence-electron chi connectivity index (χ1n) is 8.84. The van der Waals surface area contributed by atoms with Gasteiger partial charge in [-0.25, -0.2) is 0 Å². The third-order valence-corrected chi connectivity index (χ3v) is 4.90. The second-order valence-electron chi connectivity index (χ2n) is 7.26. The highest BCUT2D eigenvalue weighted by atomic mass is 16.1. The van der Waals surface area contributed by atoms with Crippen LogP contribution in [0.1, 0.15) is 39.7 Å². The number of carbonyl (C=O) groups excluding carboxylic acids is 1. The highest BCUT2D eigenvalue weighted by Gasteiger charge is 2.19. The van der Waals surface area contributed by atoms with Gasteiger partial charge in [0, 0.05) is 24.5 Å². The summed E-state index contributed by atoms with van der Waals surface area (Å²) in [6.45, 7) is 12.5. The van der Waals surface area contributed by atoms with Crippen molar-refractivity contribution in [2.45, 2.75) is 41.0 Å². The van der Waals surface area contributed by atoms with Gasteiger partial charge in [0.25, 0.3) is 0 Å². The lowest BCUT2D eigenvalue weighted by Gasteiger charge is -2.29. The number of nitrogens with one attached hydrogen (secondary N) is 1. The van der Waals surface area contributed by atoms with E-state index in [0.29, 0.717) is 18.4 Å². The first-order valence-corrected chi connectivity index (χ1v) is 8.84. The molecule has 1 unspecified atom stereocenters. The number of aryl methyl sites for hydroxylation is 1. The van der Waals surface area contributed by atoms with E-state index in [1.165, 1.54) is 16.7 Å². The molecular formula is C21H30N2O. The van der Waals surface area contributed by atoms with E-state index in [0.717, 1.165) is 30.8 Å². The van der Waals surface area contributed by atoms with Crippen molar-refractivity contribution in [1.82, 2.24) is 4.90 Å². The Labute approximate surface area is 146 Å². The Morgan fingerprint density at radius 2 is 2.00 bits per heavy atom. The highest BCUT2D eigenvalue weighted by molar-refractivity contribution is 5.58. The van der Waals surface area contributed by atoms with Gasteiger partial charge >= 0.3 is 0 Å². The number of allylic oxidation sites excluding steroid dienone is 1. The van der Waals surface area contributed by atoms with Gasteiger partial charge in [-0.3, -0.25) is 4.79 Å². The zero-order chi connectivity index (χ0) is 17.7. The van der Waals surface area contributed by atoms with Crippen LogP contribution in [0.3, 0.4) is 0 Å². The smallest absolute Gasteiger partial charge is 0.210 e. The molecule has 1 aliphatic heterocycles. The SMILES string of the molecule is CC1=C(/C(=C\C(C)C(C)C)Nc2cccc(C)c2)CN(C=O)CC1. The molecule has 1 atom stereocenters. The maximum atomic E-state index is 11.2. The lowest BCUT2D eigenvalue weighted by atomic mass is 9.92. The van der Waals surface area contributed by atoms with Gasteiger partial charge in [-0.2, -0.15) is 0 Å². The molecule has 3 heteroatoms. The summed E-state index contributed by atoms with van der Waals surface area (Å²) in [5.41, 5.74) is 6.10. The van der Waals surface area contributed by atoms with Gasteiger partial charge in [0.15, 0.2) is 0 Å². The van der Waals surface area contributed by atoms with Crippen LogP contribution in [0.5, 0.6) is 0 Å². The highest BCUT2D eigenvalue weighted by Crippen LogP contribution is 2.27. The predicted octanol–water partition coefficient (Wildman–Crippen LogP) is 4.76. The molecule has 1 N–H and O–H groups in total. The normalized spacial score (nSPS) is 17.2. The number of carbonyl (C=O) groups is 1. The number of anilines is 1. The van der Waals surface area contributed by atoms with Crippen molar-refractivity contribution in [3.05, 3.63) is 52.7 Å². The van der Waals surface area contributed by atoms with Crippen molar-refractivity contribution in [2.75, 3.05) is 18.4 Å². The fourth-order valence-electron chi connectivity index (χ4n) is 2.84.